The second-order valence-corrected chi connectivity index (χ2v) is 12.3. The lowest BCUT2D eigenvalue weighted by Crippen LogP contribution is -2.51. The Kier molecular flexibility index (Phi) is 7.07. The van der Waals surface area contributed by atoms with Crippen LogP contribution in [0.5, 0.6) is 0 Å². The molecule has 0 saturated carbocycles. The van der Waals surface area contributed by atoms with E-state index in [0.717, 1.165) is 0 Å². The van der Waals surface area contributed by atoms with E-state index in [4.69, 9.17) is 4.74 Å². The van der Waals surface area contributed by atoms with E-state index >= 15 is 0 Å². The van der Waals surface area contributed by atoms with E-state index in [1.165, 1.54) is 31.2 Å². The van der Waals surface area contributed by atoms with Crippen molar-refractivity contribution < 1.29 is 31.2 Å². The van der Waals surface area contributed by atoms with Gasteiger partial charge in [-0.3, -0.25) is 14.5 Å². The van der Waals surface area contributed by atoms with Crippen LogP contribution in [0.2, 0.25) is 0 Å². The number of carbonyl (C=O) groups is 2. The van der Waals surface area contributed by atoms with Gasteiger partial charge < -0.3 is 10.1 Å². The molecule has 3 atom stereocenters. The van der Waals surface area contributed by atoms with Crippen LogP contribution in [0, 0.1) is 5.92 Å². The van der Waals surface area contributed by atoms with Crippen molar-refractivity contribution in [1.29, 1.82) is 0 Å². The molecule has 2 heterocycles. The maximum absolute atomic E-state index is 13.4. The van der Waals surface area contributed by atoms with E-state index in [9.17, 15) is 26.4 Å². The number of carbonyl (C=O) groups excluding carboxylic acids is 2. The molecule has 1 amide bonds. The van der Waals surface area contributed by atoms with Gasteiger partial charge in [-0.05, 0) is 50.6 Å². The normalized spacial score (nSPS) is 26.3. The number of nitrogens with one attached hydrogen (secondary N) is 1. The van der Waals surface area contributed by atoms with Crippen molar-refractivity contribution in [3.63, 3.8) is 0 Å². The maximum atomic E-state index is 13.4. The third-order valence-corrected chi connectivity index (χ3v) is 9.85. The number of benzene rings is 1. The van der Waals surface area contributed by atoms with Crippen LogP contribution in [0.4, 0.5) is 5.69 Å². The predicted molar refractivity (Wildman–Crippen MR) is 115 cm³/mol. The summed E-state index contributed by atoms with van der Waals surface area (Å²) in [4.78, 5) is 25.2. The molecule has 2 fully saturated rings. The summed E-state index contributed by atoms with van der Waals surface area (Å²) in [7, 11) is -7.50. The molecule has 0 bridgehead atoms. The summed E-state index contributed by atoms with van der Waals surface area (Å²) < 4.78 is 56.7. The third kappa shape index (κ3) is 5.45. The number of amides is 1. The molecule has 9 nitrogen and oxygen atoms in total. The van der Waals surface area contributed by atoms with Crippen LogP contribution in [0.15, 0.2) is 29.2 Å². The number of piperidine rings is 1. The number of likely N-dealkylation sites (tertiary alicyclic amines) is 1. The SMILES string of the molecule is CCOC(=O)C1CCCN([C@H]2CS(=O)(=O)C[C@@H]2S(=O)(=O)c2ccc(NC(C)=O)cc2)C1. The number of esters is 1. The Balaban J connectivity index is 1.85. The van der Waals surface area contributed by atoms with E-state index in [1.807, 2.05) is 4.90 Å². The molecule has 11 heteroatoms. The van der Waals surface area contributed by atoms with E-state index in [0.29, 0.717) is 25.1 Å². The lowest BCUT2D eigenvalue weighted by Gasteiger charge is -2.37. The highest BCUT2D eigenvalue weighted by molar-refractivity contribution is 7.96. The number of anilines is 1. The van der Waals surface area contributed by atoms with Crippen molar-refractivity contribution in [2.24, 2.45) is 5.92 Å². The van der Waals surface area contributed by atoms with Crippen LogP contribution in [0.1, 0.15) is 26.7 Å². The van der Waals surface area contributed by atoms with Gasteiger partial charge >= 0.3 is 5.97 Å². The summed E-state index contributed by atoms with van der Waals surface area (Å²) in [5.74, 6) is -1.71. The Bertz CT molecular complexity index is 1040. The minimum absolute atomic E-state index is 0.00709. The van der Waals surface area contributed by atoms with Gasteiger partial charge in [0.2, 0.25) is 5.91 Å². The molecule has 1 unspecified atom stereocenters. The molecule has 31 heavy (non-hydrogen) atoms. The number of ether oxygens (including phenoxy) is 1. The molecule has 0 aliphatic carbocycles. The number of rotatable bonds is 6. The zero-order chi connectivity index (χ0) is 22.8. The number of hydrogen-bond donors (Lipinski definition) is 1. The van der Waals surface area contributed by atoms with Crippen LogP contribution < -0.4 is 5.32 Å². The zero-order valence-electron chi connectivity index (χ0n) is 17.6. The molecular weight excluding hydrogens is 444 g/mol. The summed E-state index contributed by atoms with van der Waals surface area (Å²) in [6.45, 7) is 4.15. The van der Waals surface area contributed by atoms with Crippen molar-refractivity contribution in [1.82, 2.24) is 4.90 Å². The molecule has 2 aliphatic rings. The number of nitrogens with zero attached hydrogens (tertiary/aromatic N) is 1. The van der Waals surface area contributed by atoms with Gasteiger partial charge in [0.25, 0.3) is 0 Å². The average Bonchev–Trinajstić information content (AvgIpc) is 3.05. The van der Waals surface area contributed by atoms with E-state index in [2.05, 4.69) is 5.32 Å². The highest BCUT2D eigenvalue weighted by Gasteiger charge is 2.49. The first-order valence-electron chi connectivity index (χ1n) is 10.3. The first-order chi connectivity index (χ1) is 14.5. The van der Waals surface area contributed by atoms with Crippen LogP contribution in [0.25, 0.3) is 0 Å². The fraction of sp³-hybridized carbons (Fsp3) is 0.600. The minimum Gasteiger partial charge on any atom is -0.466 e. The van der Waals surface area contributed by atoms with Crippen LogP contribution in [-0.2, 0) is 34.0 Å². The Hall–Kier alpha value is -1.98. The molecule has 172 valence electrons. The lowest BCUT2D eigenvalue weighted by molar-refractivity contribution is -0.150. The van der Waals surface area contributed by atoms with Crippen LogP contribution in [-0.4, -0.2) is 76.1 Å². The van der Waals surface area contributed by atoms with Crippen molar-refractivity contribution in [3.8, 4) is 0 Å². The monoisotopic (exact) mass is 472 g/mol. The Labute approximate surface area is 183 Å². The van der Waals surface area contributed by atoms with Crippen molar-refractivity contribution in [2.45, 2.75) is 42.9 Å². The van der Waals surface area contributed by atoms with Crippen LogP contribution in [0.3, 0.4) is 0 Å². The smallest absolute Gasteiger partial charge is 0.310 e. The van der Waals surface area contributed by atoms with Gasteiger partial charge in [0.15, 0.2) is 19.7 Å². The molecule has 0 radical (unpaired) electrons. The van der Waals surface area contributed by atoms with Gasteiger partial charge in [0.05, 0.1) is 34.2 Å². The van der Waals surface area contributed by atoms with E-state index in [1.54, 1.807) is 6.92 Å². The minimum atomic E-state index is -3.95. The molecule has 2 aliphatic heterocycles. The van der Waals surface area contributed by atoms with Crippen molar-refractivity contribution in [3.05, 3.63) is 24.3 Å². The largest absolute Gasteiger partial charge is 0.466 e. The fourth-order valence-electron chi connectivity index (χ4n) is 4.30. The molecule has 3 rings (SSSR count). The van der Waals surface area contributed by atoms with Gasteiger partial charge in [-0.1, -0.05) is 0 Å². The number of sulfone groups is 2. The molecule has 1 aromatic carbocycles. The second-order valence-electron chi connectivity index (χ2n) is 8.02. The first kappa shape index (κ1) is 23.7. The van der Waals surface area contributed by atoms with Gasteiger partial charge in [0.1, 0.15) is 0 Å². The summed E-state index contributed by atoms with van der Waals surface area (Å²) in [6, 6.07) is 4.98. The summed E-state index contributed by atoms with van der Waals surface area (Å²) in [6.07, 6.45) is 1.30. The average molecular weight is 473 g/mol. The molecule has 0 aromatic heterocycles. The fourth-order valence-corrected chi connectivity index (χ4v) is 9.13. The van der Waals surface area contributed by atoms with Crippen LogP contribution >= 0.6 is 0 Å². The topological polar surface area (TPSA) is 127 Å². The maximum Gasteiger partial charge on any atom is 0.310 e. The Morgan fingerprint density at radius 1 is 1.19 bits per heavy atom. The van der Waals surface area contributed by atoms with E-state index in [-0.39, 0.29) is 35.7 Å². The molecule has 0 spiro atoms. The standard InChI is InChI=1S/C20H28N2O7S2/c1-3-29-20(24)15-5-4-10-22(11-15)18-12-30(25,26)13-19(18)31(27,28)17-8-6-16(7-9-17)21-14(2)23/h6-9,15,18-19H,3-5,10-13H2,1-2H3,(H,21,23)/t15?,18-,19-/m0/s1. The van der Waals surface area contributed by atoms with Gasteiger partial charge in [0, 0.05) is 25.2 Å². The summed E-state index contributed by atoms with van der Waals surface area (Å²) >= 11 is 0. The van der Waals surface area contributed by atoms with E-state index < -0.39 is 42.6 Å². The zero-order valence-corrected chi connectivity index (χ0v) is 19.2. The van der Waals surface area contributed by atoms with Gasteiger partial charge in [-0.2, -0.15) is 0 Å². The van der Waals surface area contributed by atoms with Crippen molar-refractivity contribution >= 4 is 37.2 Å². The van der Waals surface area contributed by atoms with Crippen molar-refractivity contribution in [2.75, 3.05) is 36.5 Å². The quantitative estimate of drug-likeness (QED) is 0.604. The molecule has 1 N–H and O–H groups in total. The molecular formula is C20H28N2O7S2. The first-order valence-corrected chi connectivity index (χ1v) is 13.6. The summed E-state index contributed by atoms with van der Waals surface area (Å²) in [5, 5.41) is 1.45. The number of hydrogen-bond acceptors (Lipinski definition) is 8. The third-order valence-electron chi connectivity index (χ3n) is 5.72. The van der Waals surface area contributed by atoms with Gasteiger partial charge in [-0.15, -0.1) is 0 Å². The predicted octanol–water partition coefficient (Wildman–Crippen LogP) is 0.859. The molecule has 2 saturated heterocycles. The van der Waals surface area contributed by atoms with Gasteiger partial charge in [-0.25, -0.2) is 16.8 Å². The summed E-state index contributed by atoms with van der Waals surface area (Å²) in [5.41, 5.74) is 0.454. The molecule has 1 aromatic rings. The Morgan fingerprint density at radius 3 is 2.48 bits per heavy atom. The second kappa shape index (κ2) is 9.25. The highest BCUT2D eigenvalue weighted by atomic mass is 32.2. The lowest BCUT2D eigenvalue weighted by atomic mass is 9.96. The Morgan fingerprint density at radius 2 is 1.87 bits per heavy atom. The highest BCUT2D eigenvalue weighted by Crippen LogP contribution is 2.32.